The molecule has 2 aromatic heterocycles. The van der Waals surface area contributed by atoms with E-state index in [4.69, 9.17) is 4.74 Å². The lowest BCUT2D eigenvalue weighted by atomic mass is 10.3. The van der Waals surface area contributed by atoms with Crippen LogP contribution in [0.2, 0.25) is 0 Å². The van der Waals surface area contributed by atoms with Gasteiger partial charge < -0.3 is 4.74 Å². The van der Waals surface area contributed by atoms with Gasteiger partial charge in [-0.3, -0.25) is 0 Å². The number of nitrogens with zero attached hydrogens (tertiary/aromatic N) is 3. The molecule has 3 aromatic rings. The Bertz CT molecular complexity index is 830. The third kappa shape index (κ3) is 2.96. The van der Waals surface area contributed by atoms with Gasteiger partial charge in [0.1, 0.15) is 17.1 Å². The number of methoxy groups -OCH3 is 1. The third-order valence-corrected chi connectivity index (χ3v) is 2.96. The fourth-order valence-corrected chi connectivity index (χ4v) is 1.89. The first-order valence-electron chi connectivity index (χ1n) is 6.59. The van der Waals surface area contributed by atoms with Crippen LogP contribution in [-0.2, 0) is 0 Å². The monoisotopic (exact) mass is 293 g/mol. The van der Waals surface area contributed by atoms with Crippen LogP contribution in [0.1, 0.15) is 11.3 Å². The Hall–Kier alpha value is -3.13. The van der Waals surface area contributed by atoms with Crippen LogP contribution in [0.5, 0.6) is 5.88 Å². The van der Waals surface area contributed by atoms with Crippen molar-refractivity contribution < 1.29 is 9.13 Å². The van der Waals surface area contributed by atoms with Crippen molar-refractivity contribution in [2.24, 2.45) is 0 Å². The van der Waals surface area contributed by atoms with Crippen molar-refractivity contribution in [3.63, 3.8) is 0 Å². The summed E-state index contributed by atoms with van der Waals surface area (Å²) in [6.45, 7) is 0. The number of ether oxygens (including phenoxy) is 1. The minimum atomic E-state index is -0.293. The van der Waals surface area contributed by atoms with Gasteiger partial charge in [0.2, 0.25) is 5.88 Å². The average Bonchev–Trinajstić information content (AvgIpc) is 2.98. The SMILES string of the molecule is COc1nn(-c2ccc(F)cc2)cc1C#Cc1ccccn1. The summed E-state index contributed by atoms with van der Waals surface area (Å²) >= 11 is 0. The maximum Gasteiger partial charge on any atom is 0.248 e. The fourth-order valence-electron chi connectivity index (χ4n) is 1.89. The van der Waals surface area contributed by atoms with Crippen molar-refractivity contribution in [1.82, 2.24) is 14.8 Å². The van der Waals surface area contributed by atoms with E-state index in [2.05, 4.69) is 21.9 Å². The summed E-state index contributed by atoms with van der Waals surface area (Å²) in [6.07, 6.45) is 3.42. The predicted molar refractivity (Wildman–Crippen MR) is 80.3 cm³/mol. The Balaban J connectivity index is 1.95. The molecule has 0 spiro atoms. The van der Waals surface area contributed by atoms with Gasteiger partial charge in [-0.05, 0) is 42.3 Å². The van der Waals surface area contributed by atoms with Crippen molar-refractivity contribution in [3.8, 4) is 23.4 Å². The molecular formula is C17H12FN3O. The Morgan fingerprint density at radius 1 is 1.09 bits per heavy atom. The van der Waals surface area contributed by atoms with Gasteiger partial charge in [0.05, 0.1) is 19.0 Å². The van der Waals surface area contributed by atoms with Crippen molar-refractivity contribution in [2.75, 3.05) is 7.11 Å². The van der Waals surface area contributed by atoms with Crippen molar-refractivity contribution in [2.45, 2.75) is 0 Å². The third-order valence-electron chi connectivity index (χ3n) is 2.96. The van der Waals surface area contributed by atoms with Crippen LogP contribution in [0.3, 0.4) is 0 Å². The minimum absolute atomic E-state index is 0.293. The van der Waals surface area contributed by atoms with E-state index in [1.54, 1.807) is 29.2 Å². The van der Waals surface area contributed by atoms with Crippen LogP contribution in [0, 0.1) is 17.7 Å². The van der Waals surface area contributed by atoms with Crippen molar-refractivity contribution in [1.29, 1.82) is 0 Å². The summed E-state index contributed by atoms with van der Waals surface area (Å²) in [5.41, 5.74) is 2.03. The molecule has 108 valence electrons. The number of aromatic nitrogens is 3. The number of hydrogen-bond acceptors (Lipinski definition) is 3. The molecule has 0 unspecified atom stereocenters. The molecule has 0 saturated carbocycles. The second kappa shape index (κ2) is 6.10. The van der Waals surface area contributed by atoms with Crippen LogP contribution < -0.4 is 4.74 Å². The Kier molecular flexibility index (Phi) is 3.84. The van der Waals surface area contributed by atoms with E-state index in [1.807, 2.05) is 18.2 Å². The zero-order chi connectivity index (χ0) is 15.4. The molecule has 5 heteroatoms. The molecule has 0 atom stereocenters. The Morgan fingerprint density at radius 2 is 1.91 bits per heavy atom. The standard InChI is InChI=1S/C17H12FN3O/c1-22-17-13(5-8-15-4-2-3-11-19-15)12-21(20-17)16-9-6-14(18)7-10-16/h2-4,6-7,9-12H,1H3. The van der Waals surface area contributed by atoms with Crippen LogP contribution >= 0.6 is 0 Å². The van der Waals surface area contributed by atoms with E-state index in [0.717, 1.165) is 5.69 Å². The van der Waals surface area contributed by atoms with E-state index in [0.29, 0.717) is 17.1 Å². The smallest absolute Gasteiger partial charge is 0.248 e. The zero-order valence-corrected chi connectivity index (χ0v) is 11.8. The number of benzene rings is 1. The highest BCUT2D eigenvalue weighted by Gasteiger charge is 2.08. The van der Waals surface area contributed by atoms with Gasteiger partial charge in [0, 0.05) is 6.20 Å². The normalized spacial score (nSPS) is 9.91. The Labute approximate surface area is 127 Å². The number of rotatable bonds is 2. The number of hydrogen-bond donors (Lipinski definition) is 0. The van der Waals surface area contributed by atoms with Crippen molar-refractivity contribution >= 4 is 0 Å². The van der Waals surface area contributed by atoms with Gasteiger partial charge in [-0.25, -0.2) is 14.1 Å². The largest absolute Gasteiger partial charge is 0.479 e. The summed E-state index contributed by atoms with van der Waals surface area (Å²) in [7, 11) is 1.53. The van der Waals surface area contributed by atoms with E-state index in [-0.39, 0.29) is 5.82 Å². The van der Waals surface area contributed by atoms with E-state index >= 15 is 0 Å². The summed E-state index contributed by atoms with van der Waals surface area (Å²) in [5, 5.41) is 4.29. The summed E-state index contributed by atoms with van der Waals surface area (Å²) in [4.78, 5) is 4.14. The number of halogens is 1. The van der Waals surface area contributed by atoms with Gasteiger partial charge in [-0.2, -0.15) is 0 Å². The van der Waals surface area contributed by atoms with Gasteiger partial charge in [-0.1, -0.05) is 12.0 Å². The topological polar surface area (TPSA) is 39.9 Å². The highest BCUT2D eigenvalue weighted by atomic mass is 19.1. The molecule has 3 rings (SSSR count). The van der Waals surface area contributed by atoms with E-state index < -0.39 is 0 Å². The highest BCUT2D eigenvalue weighted by Crippen LogP contribution is 2.18. The molecule has 0 fully saturated rings. The van der Waals surface area contributed by atoms with Crippen LogP contribution in [-0.4, -0.2) is 21.9 Å². The lowest BCUT2D eigenvalue weighted by Gasteiger charge is -1.99. The van der Waals surface area contributed by atoms with E-state index in [1.165, 1.54) is 19.2 Å². The molecule has 4 nitrogen and oxygen atoms in total. The highest BCUT2D eigenvalue weighted by molar-refractivity contribution is 5.46. The zero-order valence-electron chi connectivity index (χ0n) is 11.8. The van der Waals surface area contributed by atoms with Crippen LogP contribution in [0.4, 0.5) is 4.39 Å². The maximum absolute atomic E-state index is 13.0. The van der Waals surface area contributed by atoms with Crippen LogP contribution in [0.15, 0.2) is 54.9 Å². The second-order valence-corrected chi connectivity index (χ2v) is 4.44. The Morgan fingerprint density at radius 3 is 2.59 bits per heavy atom. The summed E-state index contributed by atoms with van der Waals surface area (Å²) < 4.78 is 19.8. The van der Waals surface area contributed by atoms with Crippen molar-refractivity contribution in [3.05, 3.63) is 71.9 Å². The lowest BCUT2D eigenvalue weighted by Crippen LogP contribution is -1.95. The average molecular weight is 293 g/mol. The molecule has 2 heterocycles. The van der Waals surface area contributed by atoms with E-state index in [9.17, 15) is 4.39 Å². The first-order chi connectivity index (χ1) is 10.8. The molecule has 0 aliphatic heterocycles. The molecule has 22 heavy (non-hydrogen) atoms. The summed E-state index contributed by atoms with van der Waals surface area (Å²) in [6, 6.07) is 11.6. The fraction of sp³-hybridized carbons (Fsp3) is 0.0588. The quantitative estimate of drug-likeness (QED) is 0.682. The number of pyridine rings is 1. The molecule has 0 radical (unpaired) electrons. The summed E-state index contributed by atoms with van der Waals surface area (Å²) in [5.74, 6) is 6.06. The maximum atomic E-state index is 13.0. The molecule has 0 aliphatic carbocycles. The first-order valence-corrected chi connectivity index (χ1v) is 6.59. The lowest BCUT2D eigenvalue weighted by molar-refractivity contribution is 0.393. The molecule has 0 bridgehead atoms. The van der Waals surface area contributed by atoms with Gasteiger partial charge in [0.25, 0.3) is 0 Å². The predicted octanol–water partition coefficient (Wildman–Crippen LogP) is 2.81. The van der Waals surface area contributed by atoms with Gasteiger partial charge in [-0.15, -0.1) is 5.10 Å². The molecule has 0 aliphatic rings. The first kappa shape index (κ1) is 13.8. The molecular weight excluding hydrogens is 281 g/mol. The molecule has 0 saturated heterocycles. The molecule has 0 N–H and O–H groups in total. The molecule has 0 amide bonds. The second-order valence-electron chi connectivity index (χ2n) is 4.44. The molecule has 1 aromatic carbocycles. The van der Waals surface area contributed by atoms with Gasteiger partial charge >= 0.3 is 0 Å². The van der Waals surface area contributed by atoms with Crippen LogP contribution in [0.25, 0.3) is 5.69 Å². The van der Waals surface area contributed by atoms with Gasteiger partial charge in [0.15, 0.2) is 0 Å². The minimum Gasteiger partial charge on any atom is -0.479 e.